The number of hydrogen-bond acceptors (Lipinski definition) is 5. The van der Waals surface area contributed by atoms with Crippen LogP contribution in [0.1, 0.15) is 57.7 Å². The minimum Gasteiger partial charge on any atom is -0.489 e. The molecule has 40 heavy (non-hydrogen) atoms. The van der Waals surface area contributed by atoms with Gasteiger partial charge in [0.25, 0.3) is 0 Å². The highest BCUT2D eigenvalue weighted by molar-refractivity contribution is 5.90. The fourth-order valence-corrected chi connectivity index (χ4v) is 4.20. The number of nitrogens with one attached hydrogen (secondary N) is 3. The molecule has 7 nitrogen and oxygen atoms in total. The summed E-state index contributed by atoms with van der Waals surface area (Å²) in [5.41, 5.74) is 2.60. The summed E-state index contributed by atoms with van der Waals surface area (Å²) < 4.78 is 5.91. The molecular weight excluding hydrogens is 500 g/mol. The van der Waals surface area contributed by atoms with Crippen molar-refractivity contribution < 1.29 is 14.3 Å². The van der Waals surface area contributed by atoms with Crippen molar-refractivity contribution in [2.24, 2.45) is 5.92 Å². The number of aromatic nitrogens is 1. The summed E-state index contributed by atoms with van der Waals surface area (Å²) in [6.07, 6.45) is 5.28. The summed E-state index contributed by atoms with van der Waals surface area (Å²) >= 11 is 0. The molecular formula is C33H44N4O3. The van der Waals surface area contributed by atoms with Gasteiger partial charge in [0.2, 0.25) is 11.8 Å². The number of nitrogens with zero attached hydrogens (tertiary/aromatic N) is 1. The van der Waals surface area contributed by atoms with E-state index in [1.54, 1.807) is 12.4 Å². The third kappa shape index (κ3) is 11.2. The number of amides is 2. The standard InChI is InChI=1S/C33H44N4O3/c1-24(2)15-20-35-29(21-26-16-18-34-19-17-26)31(38)36-30(32(39)37-33(3,4)5)22-25-11-13-28(14-12-25)40-23-27-9-7-6-8-10-27/h6-14,16-19,24,29-30,35H,15,20-23H2,1-5H3,(H,36,38)(H,37,39)/t29-,30-/m0/s1. The van der Waals surface area contributed by atoms with E-state index >= 15 is 0 Å². The maximum Gasteiger partial charge on any atom is 0.243 e. The van der Waals surface area contributed by atoms with E-state index in [9.17, 15) is 9.59 Å². The van der Waals surface area contributed by atoms with Crippen LogP contribution in [-0.2, 0) is 29.0 Å². The van der Waals surface area contributed by atoms with E-state index < -0.39 is 17.6 Å². The number of benzene rings is 2. The highest BCUT2D eigenvalue weighted by Crippen LogP contribution is 2.16. The zero-order valence-electron chi connectivity index (χ0n) is 24.4. The average Bonchev–Trinajstić information content (AvgIpc) is 2.91. The first-order valence-corrected chi connectivity index (χ1v) is 14.1. The smallest absolute Gasteiger partial charge is 0.243 e. The second kappa shape index (κ2) is 15.2. The quantitative estimate of drug-likeness (QED) is 0.270. The van der Waals surface area contributed by atoms with Crippen LogP contribution in [-0.4, -0.2) is 41.0 Å². The molecule has 0 unspecified atom stereocenters. The van der Waals surface area contributed by atoms with Crippen molar-refractivity contribution in [3.8, 4) is 5.75 Å². The van der Waals surface area contributed by atoms with Gasteiger partial charge in [-0.2, -0.15) is 0 Å². The molecule has 0 aliphatic carbocycles. The Morgan fingerprint density at radius 2 is 1.43 bits per heavy atom. The molecule has 0 aliphatic rings. The normalized spacial score (nSPS) is 12.9. The number of ether oxygens (including phenoxy) is 1. The highest BCUT2D eigenvalue weighted by Gasteiger charge is 2.28. The lowest BCUT2D eigenvalue weighted by atomic mass is 10.0. The third-order valence-electron chi connectivity index (χ3n) is 6.36. The molecule has 1 aromatic heterocycles. The topological polar surface area (TPSA) is 92.3 Å². The first kappa shape index (κ1) is 30.8. The summed E-state index contributed by atoms with van der Waals surface area (Å²) in [7, 11) is 0. The van der Waals surface area contributed by atoms with Crippen LogP contribution in [0.2, 0.25) is 0 Å². The molecule has 3 rings (SSSR count). The predicted molar refractivity (Wildman–Crippen MR) is 160 cm³/mol. The molecule has 2 atom stereocenters. The van der Waals surface area contributed by atoms with Crippen LogP contribution in [0, 0.1) is 5.92 Å². The molecule has 1 heterocycles. The lowest BCUT2D eigenvalue weighted by molar-refractivity contribution is -0.130. The van der Waals surface area contributed by atoms with Gasteiger partial charge in [-0.05, 0) is 87.0 Å². The summed E-state index contributed by atoms with van der Waals surface area (Å²) in [6.45, 7) is 11.3. The fourth-order valence-electron chi connectivity index (χ4n) is 4.20. The Kier molecular flexibility index (Phi) is 11.7. The van der Waals surface area contributed by atoms with Gasteiger partial charge in [0, 0.05) is 24.4 Å². The van der Waals surface area contributed by atoms with Crippen LogP contribution in [0.3, 0.4) is 0 Å². The van der Waals surface area contributed by atoms with Gasteiger partial charge >= 0.3 is 0 Å². The Bertz CT molecular complexity index is 1180. The van der Waals surface area contributed by atoms with Crippen molar-refractivity contribution in [2.75, 3.05) is 6.54 Å². The van der Waals surface area contributed by atoms with E-state index in [0.717, 1.165) is 28.9 Å². The Morgan fingerprint density at radius 1 is 0.800 bits per heavy atom. The number of carbonyl (C=O) groups excluding carboxylic acids is 2. The van der Waals surface area contributed by atoms with E-state index in [4.69, 9.17) is 4.74 Å². The molecule has 214 valence electrons. The summed E-state index contributed by atoms with van der Waals surface area (Å²) in [5.74, 6) is 0.855. The van der Waals surface area contributed by atoms with E-state index in [1.807, 2.05) is 87.5 Å². The summed E-state index contributed by atoms with van der Waals surface area (Å²) in [6, 6.07) is 20.3. The lowest BCUT2D eigenvalue weighted by Crippen LogP contribution is -2.56. The van der Waals surface area contributed by atoms with Gasteiger partial charge in [-0.3, -0.25) is 14.6 Å². The van der Waals surface area contributed by atoms with Gasteiger partial charge in [-0.1, -0.05) is 56.3 Å². The van der Waals surface area contributed by atoms with Gasteiger partial charge in [0.05, 0.1) is 6.04 Å². The molecule has 0 aliphatic heterocycles. The lowest BCUT2D eigenvalue weighted by Gasteiger charge is -2.27. The molecule has 0 spiro atoms. The average molecular weight is 545 g/mol. The molecule has 2 aromatic carbocycles. The molecule has 0 fully saturated rings. The summed E-state index contributed by atoms with van der Waals surface area (Å²) in [4.78, 5) is 31.0. The number of hydrogen-bond donors (Lipinski definition) is 3. The van der Waals surface area contributed by atoms with Crippen molar-refractivity contribution >= 4 is 11.8 Å². The molecule has 0 saturated heterocycles. The zero-order chi connectivity index (χ0) is 29.0. The molecule has 7 heteroatoms. The van der Waals surface area contributed by atoms with Gasteiger partial charge in [-0.25, -0.2) is 0 Å². The van der Waals surface area contributed by atoms with Crippen LogP contribution >= 0.6 is 0 Å². The van der Waals surface area contributed by atoms with E-state index in [-0.39, 0.29) is 11.8 Å². The van der Waals surface area contributed by atoms with Gasteiger partial charge in [-0.15, -0.1) is 0 Å². The Balaban J connectivity index is 1.71. The molecule has 0 saturated carbocycles. The van der Waals surface area contributed by atoms with Crippen LogP contribution in [0.5, 0.6) is 5.75 Å². The molecule has 3 aromatic rings. The second-order valence-electron chi connectivity index (χ2n) is 11.7. The van der Waals surface area contributed by atoms with E-state index in [1.165, 1.54) is 0 Å². The predicted octanol–water partition coefficient (Wildman–Crippen LogP) is 4.85. The highest BCUT2D eigenvalue weighted by atomic mass is 16.5. The Labute approximate surface area is 239 Å². The van der Waals surface area contributed by atoms with Gasteiger partial charge in [0.15, 0.2) is 0 Å². The first-order valence-electron chi connectivity index (χ1n) is 14.1. The van der Waals surface area contributed by atoms with Gasteiger partial charge < -0.3 is 20.7 Å². The number of carbonyl (C=O) groups is 2. The molecule has 0 radical (unpaired) electrons. The molecule has 2 amide bonds. The van der Waals surface area contributed by atoms with Crippen molar-refractivity contribution in [3.63, 3.8) is 0 Å². The van der Waals surface area contributed by atoms with Crippen molar-refractivity contribution in [2.45, 2.75) is 78.1 Å². The second-order valence-corrected chi connectivity index (χ2v) is 11.7. The molecule has 3 N–H and O–H groups in total. The van der Waals surface area contributed by atoms with Crippen molar-refractivity contribution in [3.05, 3.63) is 95.8 Å². The van der Waals surface area contributed by atoms with E-state index in [2.05, 4.69) is 34.8 Å². The minimum atomic E-state index is -0.727. The fraction of sp³-hybridized carbons (Fsp3) is 0.424. The van der Waals surface area contributed by atoms with Crippen molar-refractivity contribution in [1.82, 2.24) is 20.9 Å². The monoisotopic (exact) mass is 544 g/mol. The van der Waals surface area contributed by atoms with E-state index in [0.29, 0.717) is 31.9 Å². The number of pyridine rings is 1. The largest absolute Gasteiger partial charge is 0.489 e. The third-order valence-corrected chi connectivity index (χ3v) is 6.36. The minimum absolute atomic E-state index is 0.197. The van der Waals surface area contributed by atoms with Crippen LogP contribution in [0.25, 0.3) is 0 Å². The maximum absolute atomic E-state index is 13.6. The first-order chi connectivity index (χ1) is 19.1. The van der Waals surface area contributed by atoms with Crippen LogP contribution < -0.4 is 20.7 Å². The number of rotatable bonds is 14. The molecule has 0 bridgehead atoms. The zero-order valence-corrected chi connectivity index (χ0v) is 24.4. The van der Waals surface area contributed by atoms with Crippen LogP contribution in [0.15, 0.2) is 79.1 Å². The SMILES string of the molecule is CC(C)CCN[C@@H](Cc1ccncc1)C(=O)N[C@@H](Cc1ccc(OCc2ccccc2)cc1)C(=O)NC(C)(C)C. The summed E-state index contributed by atoms with van der Waals surface area (Å²) in [5, 5.41) is 9.49. The Morgan fingerprint density at radius 3 is 2.05 bits per heavy atom. The Hall–Kier alpha value is -3.71. The van der Waals surface area contributed by atoms with Gasteiger partial charge in [0.1, 0.15) is 18.4 Å². The van der Waals surface area contributed by atoms with Crippen molar-refractivity contribution in [1.29, 1.82) is 0 Å². The van der Waals surface area contributed by atoms with Crippen LogP contribution in [0.4, 0.5) is 0 Å². The maximum atomic E-state index is 13.6.